The van der Waals surface area contributed by atoms with Gasteiger partial charge in [-0.05, 0) is 62.5 Å². The Morgan fingerprint density at radius 2 is 2.07 bits per heavy atom. The number of rotatable bonds is 4. The Labute approximate surface area is 173 Å². The van der Waals surface area contributed by atoms with E-state index in [9.17, 15) is 4.79 Å². The molecule has 0 aliphatic heterocycles. The molecule has 1 aliphatic rings. The lowest BCUT2D eigenvalue weighted by Crippen LogP contribution is -2.20. The summed E-state index contributed by atoms with van der Waals surface area (Å²) < 4.78 is 5.32. The van der Waals surface area contributed by atoms with Crippen molar-refractivity contribution in [1.29, 1.82) is 0 Å². The number of hydrogen-bond acceptors (Lipinski definition) is 5. The van der Waals surface area contributed by atoms with E-state index in [1.165, 1.54) is 17.7 Å². The van der Waals surface area contributed by atoms with Crippen molar-refractivity contribution in [2.24, 2.45) is 0 Å². The van der Waals surface area contributed by atoms with Crippen LogP contribution in [-0.4, -0.2) is 22.7 Å². The van der Waals surface area contributed by atoms with Gasteiger partial charge in [-0.15, -0.1) is 11.3 Å². The standard InChI is InChI=1S/C19H22ClN3O2S2/c1-2-25-18(24)15-12-8-5-3-4-6-10-14(12)27-17(15)23-19(26)22-13-9-7-11-21-16(13)20/h7,9,11H,2-6,8,10H2,1H3,(H2,22,23,26). The highest BCUT2D eigenvalue weighted by atomic mass is 35.5. The summed E-state index contributed by atoms with van der Waals surface area (Å²) in [6.07, 6.45) is 8.15. The maximum atomic E-state index is 12.6. The van der Waals surface area contributed by atoms with Gasteiger partial charge in [0.2, 0.25) is 0 Å². The molecule has 27 heavy (non-hydrogen) atoms. The van der Waals surface area contributed by atoms with Gasteiger partial charge in [0.25, 0.3) is 0 Å². The van der Waals surface area contributed by atoms with E-state index in [0.29, 0.717) is 28.1 Å². The summed E-state index contributed by atoms with van der Waals surface area (Å²) in [4.78, 5) is 17.9. The molecule has 2 aromatic rings. The molecule has 0 radical (unpaired) electrons. The van der Waals surface area contributed by atoms with Gasteiger partial charge in [-0.3, -0.25) is 0 Å². The highest BCUT2D eigenvalue weighted by molar-refractivity contribution is 7.80. The van der Waals surface area contributed by atoms with Crippen LogP contribution in [0, 0.1) is 0 Å². The second-order valence-corrected chi connectivity index (χ2v) is 8.13. The molecular formula is C19H22ClN3O2S2. The number of fused-ring (bicyclic) bond motifs is 1. The summed E-state index contributed by atoms with van der Waals surface area (Å²) in [5.74, 6) is -0.291. The van der Waals surface area contributed by atoms with Crippen molar-refractivity contribution in [2.45, 2.75) is 45.4 Å². The number of thiocarbonyl (C=S) groups is 1. The molecule has 144 valence electrons. The monoisotopic (exact) mass is 423 g/mol. The van der Waals surface area contributed by atoms with Crippen molar-refractivity contribution in [3.05, 3.63) is 39.5 Å². The Kier molecular flexibility index (Phi) is 7.04. The number of aryl methyl sites for hydroxylation is 1. The molecule has 0 fully saturated rings. The highest BCUT2D eigenvalue weighted by Crippen LogP contribution is 2.37. The maximum absolute atomic E-state index is 12.6. The first-order chi connectivity index (χ1) is 13.1. The van der Waals surface area contributed by atoms with Gasteiger partial charge in [0.1, 0.15) is 5.00 Å². The fraction of sp³-hybridized carbons (Fsp3) is 0.421. The topological polar surface area (TPSA) is 63.2 Å². The molecule has 0 amide bonds. The molecule has 3 rings (SSSR count). The zero-order valence-corrected chi connectivity index (χ0v) is 17.5. The fourth-order valence-corrected chi connectivity index (χ4v) is 4.89. The molecule has 8 heteroatoms. The lowest BCUT2D eigenvalue weighted by atomic mass is 9.96. The first kappa shape index (κ1) is 20.0. The Balaban J connectivity index is 1.87. The van der Waals surface area contributed by atoms with E-state index in [1.54, 1.807) is 29.7 Å². The second kappa shape index (κ2) is 9.48. The van der Waals surface area contributed by atoms with Gasteiger partial charge in [0.15, 0.2) is 10.3 Å². The summed E-state index contributed by atoms with van der Waals surface area (Å²) in [5.41, 5.74) is 2.35. The van der Waals surface area contributed by atoms with Crippen LogP contribution in [0.4, 0.5) is 10.7 Å². The first-order valence-corrected chi connectivity index (χ1v) is 10.7. The molecule has 0 bridgehead atoms. The van der Waals surface area contributed by atoms with E-state index in [0.717, 1.165) is 36.2 Å². The zero-order valence-electron chi connectivity index (χ0n) is 15.1. The number of nitrogens with zero attached hydrogens (tertiary/aromatic N) is 1. The third kappa shape index (κ3) is 4.97. The molecule has 0 saturated carbocycles. The van der Waals surface area contributed by atoms with Crippen molar-refractivity contribution in [3.8, 4) is 0 Å². The number of pyridine rings is 1. The number of carbonyl (C=O) groups is 1. The van der Waals surface area contributed by atoms with Crippen LogP contribution in [0.5, 0.6) is 0 Å². The number of ether oxygens (including phenoxy) is 1. The second-order valence-electron chi connectivity index (χ2n) is 6.26. The first-order valence-electron chi connectivity index (χ1n) is 9.10. The Bertz CT molecular complexity index is 838. The van der Waals surface area contributed by atoms with Crippen LogP contribution >= 0.6 is 35.2 Å². The van der Waals surface area contributed by atoms with Crippen molar-refractivity contribution < 1.29 is 9.53 Å². The Hall–Kier alpha value is -1.70. The molecule has 0 aromatic carbocycles. The van der Waals surface area contributed by atoms with Crippen LogP contribution in [0.2, 0.25) is 5.15 Å². The van der Waals surface area contributed by atoms with Gasteiger partial charge >= 0.3 is 5.97 Å². The quantitative estimate of drug-likeness (QED) is 0.387. The van der Waals surface area contributed by atoms with E-state index < -0.39 is 0 Å². The number of halogens is 1. The molecule has 0 unspecified atom stereocenters. The van der Waals surface area contributed by atoms with Crippen LogP contribution in [0.3, 0.4) is 0 Å². The van der Waals surface area contributed by atoms with Gasteiger partial charge < -0.3 is 15.4 Å². The van der Waals surface area contributed by atoms with Gasteiger partial charge in [0, 0.05) is 11.1 Å². The number of carbonyl (C=O) groups excluding carboxylic acids is 1. The SMILES string of the molecule is CCOC(=O)c1c(NC(=S)Nc2cccnc2Cl)sc2c1CCCCCC2. The van der Waals surface area contributed by atoms with E-state index in [1.807, 2.05) is 6.92 Å². The highest BCUT2D eigenvalue weighted by Gasteiger charge is 2.25. The van der Waals surface area contributed by atoms with E-state index >= 15 is 0 Å². The Morgan fingerprint density at radius 3 is 2.81 bits per heavy atom. The van der Waals surface area contributed by atoms with Crippen LogP contribution in [0.1, 0.15) is 53.4 Å². The number of hydrogen-bond donors (Lipinski definition) is 2. The minimum absolute atomic E-state index is 0.291. The predicted octanol–water partition coefficient (Wildman–Crippen LogP) is 5.44. The van der Waals surface area contributed by atoms with Crippen molar-refractivity contribution in [2.75, 3.05) is 17.2 Å². The number of aromatic nitrogens is 1. The lowest BCUT2D eigenvalue weighted by molar-refractivity contribution is 0.0526. The largest absolute Gasteiger partial charge is 0.462 e. The average molecular weight is 424 g/mol. The lowest BCUT2D eigenvalue weighted by Gasteiger charge is -2.13. The van der Waals surface area contributed by atoms with E-state index in [-0.39, 0.29) is 5.97 Å². The molecule has 0 atom stereocenters. The van der Waals surface area contributed by atoms with Crippen LogP contribution in [-0.2, 0) is 17.6 Å². The van der Waals surface area contributed by atoms with Crippen LogP contribution in [0.15, 0.2) is 18.3 Å². The van der Waals surface area contributed by atoms with Crippen LogP contribution < -0.4 is 10.6 Å². The number of esters is 1. The average Bonchev–Trinajstić information content (AvgIpc) is 2.93. The molecule has 2 aromatic heterocycles. The van der Waals surface area contributed by atoms with Gasteiger partial charge in [-0.25, -0.2) is 9.78 Å². The van der Waals surface area contributed by atoms with Crippen molar-refractivity contribution in [3.63, 3.8) is 0 Å². The minimum Gasteiger partial charge on any atom is -0.462 e. The third-order valence-electron chi connectivity index (χ3n) is 4.39. The molecule has 1 aliphatic carbocycles. The predicted molar refractivity (Wildman–Crippen MR) is 115 cm³/mol. The van der Waals surface area contributed by atoms with E-state index in [4.69, 9.17) is 28.6 Å². The molecule has 2 heterocycles. The number of anilines is 2. The third-order valence-corrected chi connectivity index (χ3v) is 6.10. The molecule has 5 nitrogen and oxygen atoms in total. The van der Waals surface area contributed by atoms with Crippen LogP contribution in [0.25, 0.3) is 0 Å². The van der Waals surface area contributed by atoms with Gasteiger partial charge in [-0.2, -0.15) is 0 Å². The summed E-state index contributed by atoms with van der Waals surface area (Å²) in [6.45, 7) is 2.16. The molecule has 0 spiro atoms. The summed E-state index contributed by atoms with van der Waals surface area (Å²) in [7, 11) is 0. The fourth-order valence-electron chi connectivity index (χ4n) is 3.16. The number of thiophene rings is 1. The van der Waals surface area contributed by atoms with Gasteiger partial charge in [0.05, 0.1) is 17.9 Å². The summed E-state index contributed by atoms with van der Waals surface area (Å²) in [6, 6.07) is 3.57. The van der Waals surface area contributed by atoms with Crippen molar-refractivity contribution >= 4 is 56.9 Å². The molecule has 0 saturated heterocycles. The maximum Gasteiger partial charge on any atom is 0.341 e. The molecular weight excluding hydrogens is 402 g/mol. The zero-order chi connectivity index (χ0) is 19.2. The summed E-state index contributed by atoms with van der Waals surface area (Å²) in [5, 5.41) is 7.66. The van der Waals surface area contributed by atoms with Crippen molar-refractivity contribution in [1.82, 2.24) is 4.98 Å². The number of nitrogens with one attached hydrogen (secondary N) is 2. The Morgan fingerprint density at radius 1 is 1.30 bits per heavy atom. The normalized spacial score (nSPS) is 13.9. The van der Waals surface area contributed by atoms with Gasteiger partial charge in [-0.1, -0.05) is 24.4 Å². The smallest absolute Gasteiger partial charge is 0.341 e. The van der Waals surface area contributed by atoms with E-state index in [2.05, 4.69) is 15.6 Å². The summed E-state index contributed by atoms with van der Waals surface area (Å²) >= 11 is 13.1. The molecule has 2 N–H and O–H groups in total. The minimum atomic E-state index is -0.291.